The number of piperidine rings is 1. The second-order valence-corrected chi connectivity index (χ2v) is 9.87. The molecule has 1 spiro atoms. The number of halogens is 1. The topological polar surface area (TPSA) is 48.0 Å². The Balaban J connectivity index is 1.27. The van der Waals surface area contributed by atoms with Crippen LogP contribution in [0.5, 0.6) is 5.75 Å². The number of ketones is 1. The summed E-state index contributed by atoms with van der Waals surface area (Å²) in [6, 6.07) is 12.4. The molecule has 0 atom stereocenters. The minimum absolute atomic E-state index is 0.130. The number of nitrogens with zero attached hydrogens (tertiary/aromatic N) is 1. The second-order valence-electron chi connectivity index (χ2n) is 9.46. The van der Waals surface area contributed by atoms with Crippen LogP contribution in [0.1, 0.15) is 60.9 Å². The molecule has 1 saturated heterocycles. The van der Waals surface area contributed by atoms with Gasteiger partial charge in [-0.25, -0.2) is 0 Å². The third kappa shape index (κ3) is 4.83. The smallest absolute Gasteiger partial charge is 0.213 e. The summed E-state index contributed by atoms with van der Waals surface area (Å²) >= 11 is 6.69. The molecule has 2 aromatic rings. The first-order valence-corrected chi connectivity index (χ1v) is 12.5. The maximum atomic E-state index is 12.3. The van der Waals surface area contributed by atoms with Gasteiger partial charge in [-0.1, -0.05) is 42.3 Å². The molecule has 0 aromatic heterocycles. The molecule has 2 aromatic carbocycles. The molecule has 0 radical (unpaired) electrons. The van der Waals surface area contributed by atoms with Gasteiger partial charge in [0.1, 0.15) is 5.75 Å². The SMILES string of the molecule is COCCCC(=O)c1ccc(-c2cc3c(cc2Cl)OC2(CCN(C4CCC4)CC2)OC3)cc1. The molecule has 0 amide bonds. The quantitative estimate of drug-likeness (QED) is 0.375. The number of carbonyl (C=O) groups is 1. The van der Waals surface area contributed by atoms with Gasteiger partial charge in [-0.2, -0.15) is 0 Å². The number of carbonyl (C=O) groups excluding carboxylic acids is 1. The highest BCUT2D eigenvalue weighted by Crippen LogP contribution is 2.43. The molecule has 33 heavy (non-hydrogen) atoms. The lowest BCUT2D eigenvalue weighted by Crippen LogP contribution is -2.54. The Kier molecular flexibility index (Phi) is 6.75. The van der Waals surface area contributed by atoms with Gasteiger partial charge in [0.25, 0.3) is 0 Å². The van der Waals surface area contributed by atoms with Crippen LogP contribution in [-0.2, 0) is 16.1 Å². The molecular formula is C27H32ClNO4. The molecule has 5 rings (SSSR count). The fourth-order valence-corrected chi connectivity index (χ4v) is 5.32. The monoisotopic (exact) mass is 469 g/mol. The summed E-state index contributed by atoms with van der Waals surface area (Å²) in [6.07, 6.45) is 7.03. The van der Waals surface area contributed by atoms with Gasteiger partial charge in [-0.05, 0) is 37.0 Å². The summed E-state index contributed by atoms with van der Waals surface area (Å²) in [5.74, 6) is 0.436. The summed E-state index contributed by atoms with van der Waals surface area (Å²) in [5, 5.41) is 0.650. The first-order valence-electron chi connectivity index (χ1n) is 12.1. The Morgan fingerprint density at radius 2 is 1.94 bits per heavy atom. The van der Waals surface area contributed by atoms with E-state index in [2.05, 4.69) is 11.0 Å². The molecule has 2 heterocycles. The molecule has 1 aliphatic carbocycles. The lowest BCUT2D eigenvalue weighted by atomic mass is 9.89. The van der Waals surface area contributed by atoms with Crippen molar-refractivity contribution in [2.45, 2.75) is 63.4 Å². The molecule has 3 aliphatic rings. The fraction of sp³-hybridized carbons (Fsp3) is 0.519. The molecule has 6 heteroatoms. The van der Waals surface area contributed by atoms with Gasteiger partial charge in [-0.3, -0.25) is 9.69 Å². The maximum Gasteiger partial charge on any atom is 0.213 e. The number of benzene rings is 2. The number of hydrogen-bond donors (Lipinski definition) is 0. The predicted molar refractivity (Wildman–Crippen MR) is 129 cm³/mol. The summed E-state index contributed by atoms with van der Waals surface area (Å²) in [5.41, 5.74) is 3.63. The van der Waals surface area contributed by atoms with Crippen molar-refractivity contribution in [1.82, 2.24) is 4.90 Å². The van der Waals surface area contributed by atoms with Crippen LogP contribution in [0.2, 0.25) is 5.02 Å². The van der Waals surface area contributed by atoms with E-state index in [1.54, 1.807) is 7.11 Å². The molecule has 2 aliphatic heterocycles. The van der Waals surface area contributed by atoms with E-state index in [1.165, 1.54) is 19.3 Å². The number of likely N-dealkylation sites (tertiary alicyclic amines) is 1. The Labute approximate surface area is 201 Å². The number of ether oxygens (including phenoxy) is 3. The molecule has 1 saturated carbocycles. The van der Waals surface area contributed by atoms with Gasteiger partial charge in [0.05, 0.1) is 11.6 Å². The molecule has 0 unspecified atom stereocenters. The van der Waals surface area contributed by atoms with Crippen molar-refractivity contribution in [3.63, 3.8) is 0 Å². The van der Waals surface area contributed by atoms with Crippen LogP contribution in [0, 0.1) is 0 Å². The van der Waals surface area contributed by atoms with Crippen molar-refractivity contribution >= 4 is 17.4 Å². The molecule has 0 N–H and O–H groups in total. The van der Waals surface area contributed by atoms with Crippen molar-refractivity contribution in [2.24, 2.45) is 0 Å². The van der Waals surface area contributed by atoms with Gasteiger partial charge in [0.2, 0.25) is 5.79 Å². The number of methoxy groups -OCH3 is 1. The third-order valence-electron chi connectivity index (χ3n) is 7.36. The normalized spacial score (nSPS) is 20.2. The van der Waals surface area contributed by atoms with E-state index in [0.717, 1.165) is 60.8 Å². The molecule has 0 bridgehead atoms. The summed E-state index contributed by atoms with van der Waals surface area (Å²) in [7, 11) is 1.65. The van der Waals surface area contributed by atoms with E-state index < -0.39 is 5.79 Å². The van der Waals surface area contributed by atoms with Crippen LogP contribution >= 0.6 is 11.6 Å². The Morgan fingerprint density at radius 3 is 2.61 bits per heavy atom. The fourth-order valence-electron chi connectivity index (χ4n) is 5.05. The van der Waals surface area contributed by atoms with Gasteiger partial charge in [0.15, 0.2) is 5.78 Å². The van der Waals surface area contributed by atoms with Crippen molar-refractivity contribution in [1.29, 1.82) is 0 Å². The largest absolute Gasteiger partial charge is 0.462 e. The van der Waals surface area contributed by atoms with Crippen LogP contribution in [0.25, 0.3) is 11.1 Å². The first kappa shape index (κ1) is 22.9. The highest BCUT2D eigenvalue weighted by molar-refractivity contribution is 6.33. The van der Waals surface area contributed by atoms with Crippen LogP contribution < -0.4 is 4.74 Å². The Morgan fingerprint density at radius 1 is 1.18 bits per heavy atom. The molecular weight excluding hydrogens is 438 g/mol. The van der Waals surface area contributed by atoms with Crippen LogP contribution in [-0.4, -0.2) is 49.3 Å². The van der Waals surface area contributed by atoms with E-state index >= 15 is 0 Å². The van der Waals surface area contributed by atoms with Crippen LogP contribution in [0.4, 0.5) is 0 Å². The van der Waals surface area contributed by atoms with Gasteiger partial charge < -0.3 is 14.2 Å². The average molecular weight is 470 g/mol. The summed E-state index contributed by atoms with van der Waals surface area (Å²) in [6.45, 7) is 3.18. The molecule has 2 fully saturated rings. The van der Waals surface area contributed by atoms with Crippen molar-refractivity contribution in [3.05, 3.63) is 52.5 Å². The maximum absolute atomic E-state index is 12.3. The highest BCUT2D eigenvalue weighted by Gasteiger charge is 2.43. The number of Topliss-reactive ketones (excluding diaryl/α,β-unsaturated/α-hetero) is 1. The summed E-state index contributed by atoms with van der Waals surface area (Å²) < 4.78 is 17.7. The second kappa shape index (κ2) is 9.75. The van der Waals surface area contributed by atoms with Gasteiger partial charge in [0, 0.05) is 68.8 Å². The van der Waals surface area contributed by atoms with Gasteiger partial charge >= 0.3 is 0 Å². The van der Waals surface area contributed by atoms with Crippen molar-refractivity contribution in [2.75, 3.05) is 26.8 Å². The van der Waals surface area contributed by atoms with E-state index in [1.807, 2.05) is 30.3 Å². The highest BCUT2D eigenvalue weighted by atomic mass is 35.5. The van der Waals surface area contributed by atoms with E-state index in [0.29, 0.717) is 30.2 Å². The first-order chi connectivity index (χ1) is 16.1. The van der Waals surface area contributed by atoms with Crippen molar-refractivity contribution < 1.29 is 19.0 Å². The minimum atomic E-state index is -0.525. The summed E-state index contributed by atoms with van der Waals surface area (Å²) in [4.78, 5) is 14.9. The molecule has 176 valence electrons. The minimum Gasteiger partial charge on any atom is -0.462 e. The van der Waals surface area contributed by atoms with E-state index in [9.17, 15) is 4.79 Å². The zero-order valence-corrected chi connectivity index (χ0v) is 20.0. The van der Waals surface area contributed by atoms with E-state index in [4.69, 9.17) is 25.8 Å². The number of fused-ring (bicyclic) bond motifs is 1. The number of hydrogen-bond acceptors (Lipinski definition) is 5. The lowest BCUT2D eigenvalue weighted by molar-refractivity contribution is -0.231. The standard InChI is InChI=1S/C27H32ClNO4/c1-31-15-3-6-25(30)20-9-7-19(8-10-20)23-16-21-18-32-27(33-26(21)17-24(23)28)11-13-29(14-12-27)22-4-2-5-22/h7-10,16-17,22H,2-6,11-15,18H2,1H3. The van der Waals surface area contributed by atoms with Crippen LogP contribution in [0.3, 0.4) is 0 Å². The third-order valence-corrected chi connectivity index (χ3v) is 7.67. The Hall–Kier alpha value is -1.92. The zero-order chi connectivity index (χ0) is 22.8. The van der Waals surface area contributed by atoms with Gasteiger partial charge in [-0.15, -0.1) is 0 Å². The van der Waals surface area contributed by atoms with Crippen LogP contribution in [0.15, 0.2) is 36.4 Å². The van der Waals surface area contributed by atoms with E-state index in [-0.39, 0.29) is 5.78 Å². The lowest BCUT2D eigenvalue weighted by Gasteiger charge is -2.47. The number of rotatable bonds is 7. The Bertz CT molecular complexity index is 994. The zero-order valence-electron chi connectivity index (χ0n) is 19.3. The molecule has 5 nitrogen and oxygen atoms in total. The average Bonchev–Trinajstić information content (AvgIpc) is 2.79. The predicted octanol–water partition coefficient (Wildman–Crippen LogP) is 5.87. The van der Waals surface area contributed by atoms with Crippen molar-refractivity contribution in [3.8, 4) is 16.9 Å².